The van der Waals surface area contributed by atoms with Gasteiger partial charge in [-0.15, -0.1) is 11.8 Å². The zero-order valence-corrected chi connectivity index (χ0v) is 13.4. The summed E-state index contributed by atoms with van der Waals surface area (Å²) in [6, 6.07) is 7.85. The van der Waals surface area contributed by atoms with Crippen LogP contribution in [0.5, 0.6) is 0 Å². The number of thioether (sulfide) groups is 1. The lowest BCUT2D eigenvalue weighted by molar-refractivity contribution is -0.136. The van der Waals surface area contributed by atoms with Crippen LogP contribution < -0.4 is 5.32 Å². The van der Waals surface area contributed by atoms with E-state index < -0.39 is 5.97 Å². The molecule has 0 unspecified atom stereocenters. The molecule has 0 aliphatic heterocycles. The molecule has 0 spiro atoms. The van der Waals surface area contributed by atoms with Crippen molar-refractivity contribution in [2.24, 2.45) is 0 Å². The molecular weight excluding hydrogens is 288 g/mol. The van der Waals surface area contributed by atoms with Crippen molar-refractivity contribution in [3.05, 3.63) is 29.8 Å². The van der Waals surface area contributed by atoms with Crippen molar-refractivity contribution in [3.8, 4) is 0 Å². The zero-order chi connectivity index (χ0) is 15.8. The molecule has 116 valence electrons. The molecule has 0 saturated carbocycles. The second kappa shape index (κ2) is 8.56. The van der Waals surface area contributed by atoms with Crippen LogP contribution in [-0.2, 0) is 11.3 Å². The van der Waals surface area contributed by atoms with E-state index in [0.29, 0.717) is 6.54 Å². The number of urea groups is 1. The monoisotopic (exact) mass is 310 g/mol. The summed E-state index contributed by atoms with van der Waals surface area (Å²) in [5.74, 6) is -0.918. The van der Waals surface area contributed by atoms with Crippen LogP contribution in [0.1, 0.15) is 25.8 Å². The SMILES string of the molecule is CSc1cccc(CN(C(=O)NCCC(=O)O)C(C)C)c1. The van der Waals surface area contributed by atoms with Gasteiger partial charge < -0.3 is 15.3 Å². The van der Waals surface area contributed by atoms with Crippen LogP contribution in [0.2, 0.25) is 0 Å². The Hall–Kier alpha value is -1.69. The smallest absolute Gasteiger partial charge is 0.317 e. The van der Waals surface area contributed by atoms with Crippen LogP contribution in [0.15, 0.2) is 29.2 Å². The van der Waals surface area contributed by atoms with E-state index in [1.807, 2.05) is 38.3 Å². The predicted octanol–water partition coefficient (Wildman–Crippen LogP) is 2.80. The summed E-state index contributed by atoms with van der Waals surface area (Å²) in [5, 5.41) is 11.2. The number of carboxylic acids is 1. The second-order valence-corrected chi connectivity index (χ2v) is 5.83. The second-order valence-electron chi connectivity index (χ2n) is 4.95. The number of hydrogen-bond donors (Lipinski definition) is 2. The number of hydrogen-bond acceptors (Lipinski definition) is 3. The molecule has 1 rings (SSSR count). The van der Waals surface area contributed by atoms with E-state index in [2.05, 4.69) is 11.4 Å². The minimum Gasteiger partial charge on any atom is -0.481 e. The summed E-state index contributed by atoms with van der Waals surface area (Å²) in [7, 11) is 0. The number of carbonyl (C=O) groups excluding carboxylic acids is 1. The van der Waals surface area contributed by atoms with Gasteiger partial charge in [0, 0.05) is 24.0 Å². The van der Waals surface area contributed by atoms with Crippen molar-refractivity contribution >= 4 is 23.8 Å². The lowest BCUT2D eigenvalue weighted by atomic mass is 10.2. The molecule has 0 saturated heterocycles. The number of aliphatic carboxylic acids is 1. The molecule has 2 N–H and O–H groups in total. The van der Waals surface area contributed by atoms with Crippen molar-refractivity contribution in [1.82, 2.24) is 10.2 Å². The Bertz CT molecular complexity index is 492. The maximum absolute atomic E-state index is 12.1. The third kappa shape index (κ3) is 6.08. The van der Waals surface area contributed by atoms with Gasteiger partial charge in [0.25, 0.3) is 0 Å². The minimum absolute atomic E-state index is 0.0350. The predicted molar refractivity (Wildman–Crippen MR) is 84.6 cm³/mol. The molecule has 5 nitrogen and oxygen atoms in total. The van der Waals surface area contributed by atoms with E-state index in [1.54, 1.807) is 16.7 Å². The Morgan fingerprint density at radius 3 is 2.67 bits per heavy atom. The summed E-state index contributed by atoms with van der Waals surface area (Å²) in [6.45, 7) is 4.53. The molecule has 0 fully saturated rings. The highest BCUT2D eigenvalue weighted by atomic mass is 32.2. The number of carbonyl (C=O) groups is 2. The van der Waals surface area contributed by atoms with Crippen LogP contribution in [0.3, 0.4) is 0 Å². The Kier molecular flexibility index (Phi) is 7.08. The summed E-state index contributed by atoms with van der Waals surface area (Å²) in [5.41, 5.74) is 1.06. The molecule has 1 aromatic carbocycles. The van der Waals surface area contributed by atoms with Gasteiger partial charge in [-0.1, -0.05) is 12.1 Å². The van der Waals surface area contributed by atoms with E-state index in [4.69, 9.17) is 5.11 Å². The Balaban J connectivity index is 2.68. The average molecular weight is 310 g/mol. The Morgan fingerprint density at radius 1 is 1.38 bits per heavy atom. The first-order valence-corrected chi connectivity index (χ1v) is 8.05. The summed E-state index contributed by atoms with van der Waals surface area (Å²) in [6.07, 6.45) is 1.94. The minimum atomic E-state index is -0.918. The Labute approximate surface area is 129 Å². The quantitative estimate of drug-likeness (QED) is 0.760. The first kappa shape index (κ1) is 17.4. The number of carboxylic acid groups (broad SMARTS) is 1. The number of amides is 2. The highest BCUT2D eigenvalue weighted by Crippen LogP contribution is 2.17. The fourth-order valence-corrected chi connectivity index (χ4v) is 2.32. The summed E-state index contributed by atoms with van der Waals surface area (Å²) in [4.78, 5) is 25.5. The Morgan fingerprint density at radius 2 is 2.10 bits per heavy atom. The molecule has 2 amide bonds. The lowest BCUT2D eigenvalue weighted by Gasteiger charge is -2.27. The van der Waals surface area contributed by atoms with Gasteiger partial charge in [0.1, 0.15) is 0 Å². The van der Waals surface area contributed by atoms with E-state index in [-0.39, 0.29) is 25.0 Å². The van der Waals surface area contributed by atoms with Gasteiger partial charge >= 0.3 is 12.0 Å². The van der Waals surface area contributed by atoms with Crippen LogP contribution in [0.25, 0.3) is 0 Å². The molecule has 1 aromatic rings. The maximum atomic E-state index is 12.1. The van der Waals surface area contributed by atoms with Crippen molar-refractivity contribution < 1.29 is 14.7 Å². The van der Waals surface area contributed by atoms with Gasteiger partial charge in [0.2, 0.25) is 0 Å². The molecule has 0 bridgehead atoms. The number of rotatable bonds is 7. The standard InChI is InChI=1S/C15H22N2O3S/c1-11(2)17(15(20)16-8-7-14(18)19)10-12-5-4-6-13(9-12)21-3/h4-6,9,11H,7-8,10H2,1-3H3,(H,16,20)(H,18,19). The first-order valence-electron chi connectivity index (χ1n) is 6.83. The van der Waals surface area contributed by atoms with Gasteiger partial charge in [-0.05, 0) is 37.8 Å². The maximum Gasteiger partial charge on any atom is 0.317 e. The fraction of sp³-hybridized carbons (Fsp3) is 0.467. The topological polar surface area (TPSA) is 69.6 Å². The number of benzene rings is 1. The summed E-state index contributed by atoms with van der Waals surface area (Å²) >= 11 is 1.66. The van der Waals surface area contributed by atoms with Gasteiger partial charge in [-0.25, -0.2) is 4.79 Å². The highest BCUT2D eigenvalue weighted by Gasteiger charge is 2.17. The third-order valence-electron chi connectivity index (χ3n) is 2.99. The van der Waals surface area contributed by atoms with Crippen molar-refractivity contribution in [1.29, 1.82) is 0 Å². The normalized spacial score (nSPS) is 10.5. The van der Waals surface area contributed by atoms with Crippen LogP contribution in [-0.4, -0.2) is 40.8 Å². The van der Waals surface area contributed by atoms with Gasteiger partial charge in [-0.3, -0.25) is 4.79 Å². The molecule has 0 radical (unpaired) electrons. The summed E-state index contributed by atoms with van der Waals surface area (Å²) < 4.78 is 0. The molecule has 0 aromatic heterocycles. The first-order chi connectivity index (χ1) is 9.93. The van der Waals surface area contributed by atoms with Crippen LogP contribution >= 0.6 is 11.8 Å². The average Bonchev–Trinajstić information content (AvgIpc) is 2.44. The number of nitrogens with one attached hydrogen (secondary N) is 1. The van der Waals surface area contributed by atoms with Crippen LogP contribution in [0, 0.1) is 0 Å². The number of nitrogens with zero attached hydrogens (tertiary/aromatic N) is 1. The van der Waals surface area contributed by atoms with E-state index in [9.17, 15) is 9.59 Å². The van der Waals surface area contributed by atoms with Crippen molar-refractivity contribution in [3.63, 3.8) is 0 Å². The molecule has 6 heteroatoms. The van der Waals surface area contributed by atoms with E-state index in [1.165, 1.54) is 0 Å². The van der Waals surface area contributed by atoms with Gasteiger partial charge in [0.15, 0.2) is 0 Å². The lowest BCUT2D eigenvalue weighted by Crippen LogP contribution is -2.44. The van der Waals surface area contributed by atoms with E-state index in [0.717, 1.165) is 10.5 Å². The van der Waals surface area contributed by atoms with E-state index >= 15 is 0 Å². The van der Waals surface area contributed by atoms with Crippen molar-refractivity contribution in [2.75, 3.05) is 12.8 Å². The zero-order valence-electron chi connectivity index (χ0n) is 12.6. The molecule has 0 aliphatic rings. The molecular formula is C15H22N2O3S. The third-order valence-corrected chi connectivity index (χ3v) is 3.71. The largest absolute Gasteiger partial charge is 0.481 e. The fourth-order valence-electron chi connectivity index (χ4n) is 1.83. The van der Waals surface area contributed by atoms with Gasteiger partial charge in [-0.2, -0.15) is 0 Å². The van der Waals surface area contributed by atoms with Crippen LogP contribution in [0.4, 0.5) is 4.79 Å². The molecule has 0 heterocycles. The molecule has 21 heavy (non-hydrogen) atoms. The van der Waals surface area contributed by atoms with Gasteiger partial charge in [0.05, 0.1) is 6.42 Å². The van der Waals surface area contributed by atoms with Crippen molar-refractivity contribution in [2.45, 2.75) is 37.8 Å². The molecule has 0 atom stereocenters. The molecule has 0 aliphatic carbocycles. The highest BCUT2D eigenvalue weighted by molar-refractivity contribution is 7.98.